The van der Waals surface area contributed by atoms with Crippen molar-refractivity contribution in [1.29, 1.82) is 0 Å². The number of carbonyl (C=O) groups is 1. The standard InChI is InChI=1S/C26H28ClN3O3S/c1-19-8-11-23(12-9-19)34(32,33)29-22-10-13-25(27)24(16-22)26(31)28-17-20-6-2-3-7-21(20)18-30-14-4-5-15-30/h2-3,6-13,16,29H,4-5,14-15,17-18H2,1H3,(H,28,31). The molecule has 0 saturated carbocycles. The fourth-order valence-corrected chi connectivity index (χ4v) is 5.28. The predicted octanol–water partition coefficient (Wildman–Crippen LogP) is 4.98. The van der Waals surface area contributed by atoms with Crippen molar-refractivity contribution in [1.82, 2.24) is 10.2 Å². The van der Waals surface area contributed by atoms with Gasteiger partial charge in [-0.2, -0.15) is 0 Å². The van der Waals surface area contributed by atoms with Crippen LogP contribution in [0.4, 0.5) is 5.69 Å². The maximum atomic E-state index is 12.9. The summed E-state index contributed by atoms with van der Waals surface area (Å²) in [6.07, 6.45) is 2.45. The van der Waals surface area contributed by atoms with Crippen molar-refractivity contribution in [2.45, 2.75) is 37.8 Å². The SMILES string of the molecule is Cc1ccc(S(=O)(=O)Nc2ccc(Cl)c(C(=O)NCc3ccccc3CN3CCCC3)c2)cc1. The number of anilines is 1. The Bertz CT molecular complexity index is 1270. The number of benzene rings is 3. The molecule has 1 fully saturated rings. The van der Waals surface area contributed by atoms with E-state index >= 15 is 0 Å². The third-order valence-corrected chi connectivity index (χ3v) is 7.67. The fourth-order valence-electron chi connectivity index (χ4n) is 4.03. The minimum Gasteiger partial charge on any atom is -0.348 e. The molecule has 178 valence electrons. The van der Waals surface area contributed by atoms with E-state index in [1.54, 1.807) is 24.3 Å². The Hall–Kier alpha value is -2.87. The van der Waals surface area contributed by atoms with Crippen molar-refractivity contribution >= 4 is 33.2 Å². The number of sulfonamides is 1. The third-order valence-electron chi connectivity index (χ3n) is 5.94. The lowest BCUT2D eigenvalue weighted by atomic mass is 10.1. The van der Waals surface area contributed by atoms with Gasteiger partial charge in [0, 0.05) is 18.8 Å². The van der Waals surface area contributed by atoms with E-state index in [0.29, 0.717) is 6.54 Å². The molecule has 1 heterocycles. The Balaban J connectivity index is 1.46. The first-order chi connectivity index (χ1) is 16.3. The van der Waals surface area contributed by atoms with Crippen LogP contribution in [-0.2, 0) is 23.1 Å². The second kappa shape index (κ2) is 10.6. The van der Waals surface area contributed by atoms with E-state index in [4.69, 9.17) is 11.6 Å². The highest BCUT2D eigenvalue weighted by Crippen LogP contribution is 2.24. The molecule has 0 radical (unpaired) electrons. The summed E-state index contributed by atoms with van der Waals surface area (Å²) in [5, 5.41) is 3.18. The van der Waals surface area contributed by atoms with Crippen LogP contribution in [0.1, 0.15) is 39.9 Å². The first-order valence-corrected chi connectivity index (χ1v) is 13.1. The van der Waals surface area contributed by atoms with Gasteiger partial charge in [0.05, 0.1) is 15.5 Å². The van der Waals surface area contributed by atoms with Gasteiger partial charge in [-0.25, -0.2) is 8.42 Å². The number of carbonyl (C=O) groups excluding carboxylic acids is 1. The van der Waals surface area contributed by atoms with Gasteiger partial charge in [0.25, 0.3) is 15.9 Å². The smallest absolute Gasteiger partial charge is 0.261 e. The largest absolute Gasteiger partial charge is 0.348 e. The molecule has 8 heteroatoms. The summed E-state index contributed by atoms with van der Waals surface area (Å²) in [6.45, 7) is 5.31. The van der Waals surface area contributed by atoms with E-state index in [9.17, 15) is 13.2 Å². The molecule has 3 aromatic rings. The average molecular weight is 498 g/mol. The molecule has 2 N–H and O–H groups in total. The lowest BCUT2D eigenvalue weighted by Gasteiger charge is -2.18. The predicted molar refractivity (Wildman–Crippen MR) is 136 cm³/mol. The van der Waals surface area contributed by atoms with E-state index in [-0.39, 0.29) is 27.1 Å². The van der Waals surface area contributed by atoms with Crippen LogP contribution in [0.3, 0.4) is 0 Å². The molecule has 4 rings (SSSR count). The number of halogens is 1. The lowest BCUT2D eigenvalue weighted by Crippen LogP contribution is -2.25. The summed E-state index contributed by atoms with van der Waals surface area (Å²) in [4.78, 5) is 15.5. The molecule has 0 aliphatic carbocycles. The number of hydrogen-bond donors (Lipinski definition) is 2. The fraction of sp³-hybridized carbons (Fsp3) is 0.269. The Kier molecular flexibility index (Phi) is 7.56. The van der Waals surface area contributed by atoms with Crippen LogP contribution in [0, 0.1) is 6.92 Å². The summed E-state index contributed by atoms with van der Waals surface area (Å²) in [5.74, 6) is -0.364. The van der Waals surface area contributed by atoms with Crippen molar-refractivity contribution in [2.75, 3.05) is 17.8 Å². The summed E-state index contributed by atoms with van der Waals surface area (Å²) in [7, 11) is -3.79. The molecule has 0 spiro atoms. The highest BCUT2D eigenvalue weighted by Gasteiger charge is 2.18. The molecule has 1 aliphatic heterocycles. The van der Waals surface area contributed by atoms with Gasteiger partial charge < -0.3 is 5.32 Å². The van der Waals surface area contributed by atoms with Gasteiger partial charge in [-0.1, -0.05) is 53.6 Å². The van der Waals surface area contributed by atoms with E-state index in [1.165, 1.54) is 36.6 Å². The van der Waals surface area contributed by atoms with E-state index in [2.05, 4.69) is 21.0 Å². The number of rotatable bonds is 8. The molecule has 6 nitrogen and oxygen atoms in total. The van der Waals surface area contributed by atoms with E-state index < -0.39 is 10.0 Å². The summed E-state index contributed by atoms with van der Waals surface area (Å²) >= 11 is 6.28. The van der Waals surface area contributed by atoms with Crippen LogP contribution in [0.15, 0.2) is 71.6 Å². The molecular formula is C26H28ClN3O3S. The molecule has 1 aliphatic rings. The molecular weight excluding hydrogens is 470 g/mol. The second-order valence-electron chi connectivity index (χ2n) is 8.55. The van der Waals surface area contributed by atoms with Gasteiger partial charge in [-0.15, -0.1) is 0 Å². The quantitative estimate of drug-likeness (QED) is 0.460. The number of nitrogens with one attached hydrogen (secondary N) is 2. The highest BCUT2D eigenvalue weighted by molar-refractivity contribution is 7.92. The first kappa shape index (κ1) is 24.3. The number of likely N-dealkylation sites (tertiary alicyclic amines) is 1. The minimum absolute atomic E-state index is 0.147. The maximum Gasteiger partial charge on any atom is 0.261 e. The van der Waals surface area contributed by atoms with Crippen LogP contribution in [0.5, 0.6) is 0 Å². The second-order valence-corrected chi connectivity index (χ2v) is 10.6. The zero-order valence-electron chi connectivity index (χ0n) is 19.1. The molecule has 0 aromatic heterocycles. The van der Waals surface area contributed by atoms with Crippen molar-refractivity contribution in [3.63, 3.8) is 0 Å². The average Bonchev–Trinajstić information content (AvgIpc) is 3.33. The van der Waals surface area contributed by atoms with Crippen LogP contribution in [-0.4, -0.2) is 32.3 Å². The van der Waals surface area contributed by atoms with Crippen molar-refractivity contribution in [2.24, 2.45) is 0 Å². The summed E-state index contributed by atoms with van der Waals surface area (Å²) < 4.78 is 28.0. The Morgan fingerprint density at radius 1 is 0.971 bits per heavy atom. The maximum absolute atomic E-state index is 12.9. The van der Waals surface area contributed by atoms with E-state index in [0.717, 1.165) is 30.8 Å². The molecule has 1 amide bonds. The van der Waals surface area contributed by atoms with Crippen molar-refractivity contribution < 1.29 is 13.2 Å². The highest BCUT2D eigenvalue weighted by atomic mass is 35.5. The molecule has 1 saturated heterocycles. The topological polar surface area (TPSA) is 78.5 Å². The Labute approximate surface area is 206 Å². The number of hydrogen-bond acceptors (Lipinski definition) is 4. The van der Waals surface area contributed by atoms with Gasteiger partial charge in [0.2, 0.25) is 0 Å². The first-order valence-electron chi connectivity index (χ1n) is 11.3. The molecule has 3 aromatic carbocycles. The number of amides is 1. The van der Waals surface area contributed by atoms with Gasteiger partial charge >= 0.3 is 0 Å². The molecule has 0 atom stereocenters. The molecule has 0 unspecified atom stereocenters. The van der Waals surface area contributed by atoms with Crippen LogP contribution >= 0.6 is 11.6 Å². The number of aryl methyl sites for hydroxylation is 1. The molecule has 0 bridgehead atoms. The molecule has 34 heavy (non-hydrogen) atoms. The number of nitrogens with zero attached hydrogens (tertiary/aromatic N) is 1. The van der Waals surface area contributed by atoms with Gasteiger partial charge in [-0.3, -0.25) is 14.4 Å². The Morgan fingerprint density at radius 3 is 2.35 bits per heavy atom. The Morgan fingerprint density at radius 2 is 1.65 bits per heavy atom. The van der Waals surface area contributed by atoms with Crippen LogP contribution in [0.2, 0.25) is 5.02 Å². The summed E-state index contributed by atoms with van der Waals surface area (Å²) in [5.41, 5.74) is 3.68. The zero-order chi connectivity index (χ0) is 24.1. The van der Waals surface area contributed by atoms with Gasteiger partial charge in [0.1, 0.15) is 0 Å². The van der Waals surface area contributed by atoms with Crippen LogP contribution in [0.25, 0.3) is 0 Å². The van der Waals surface area contributed by atoms with Crippen molar-refractivity contribution in [3.8, 4) is 0 Å². The minimum atomic E-state index is -3.79. The lowest BCUT2D eigenvalue weighted by molar-refractivity contribution is 0.0951. The van der Waals surface area contributed by atoms with E-state index in [1.807, 2.05) is 25.1 Å². The van der Waals surface area contributed by atoms with Gasteiger partial charge in [-0.05, 0) is 74.3 Å². The monoisotopic (exact) mass is 497 g/mol. The third kappa shape index (κ3) is 5.97. The zero-order valence-corrected chi connectivity index (χ0v) is 20.6. The van der Waals surface area contributed by atoms with Crippen LogP contribution < -0.4 is 10.0 Å². The van der Waals surface area contributed by atoms with Crippen molar-refractivity contribution in [3.05, 3.63) is 94.0 Å². The normalized spacial score (nSPS) is 14.2. The van der Waals surface area contributed by atoms with Gasteiger partial charge in [0.15, 0.2) is 0 Å². The summed E-state index contributed by atoms with van der Waals surface area (Å²) in [6, 6.07) is 19.1.